The molecular formula is C25H27N3O2S2. The molecule has 5 rings (SSSR count). The highest BCUT2D eigenvalue weighted by Crippen LogP contribution is 2.27. The Morgan fingerprint density at radius 2 is 1.94 bits per heavy atom. The molecule has 2 aliphatic rings. The molecule has 0 atom stereocenters. The van der Waals surface area contributed by atoms with E-state index in [9.17, 15) is 4.79 Å². The summed E-state index contributed by atoms with van der Waals surface area (Å²) in [4.78, 5) is 23.0. The standard InChI is InChI=1S/C25H27N3O2S2/c1-18-26-22(16-31-18)17-32-23-5-3-20(4-6-23)25(29)28-11-9-27(10-12-28)15-19-2-7-24-21(14-19)8-13-30-24/h2-7,14,16H,8-13,15,17H2,1H3. The number of thioether (sulfide) groups is 1. The van der Waals surface area contributed by atoms with Gasteiger partial charge in [-0.25, -0.2) is 4.98 Å². The van der Waals surface area contributed by atoms with Gasteiger partial charge in [0, 0.05) is 60.7 Å². The Hall–Kier alpha value is -2.35. The van der Waals surface area contributed by atoms with E-state index in [4.69, 9.17) is 4.74 Å². The van der Waals surface area contributed by atoms with Crippen LogP contribution < -0.4 is 4.74 Å². The molecule has 0 saturated carbocycles. The van der Waals surface area contributed by atoms with Gasteiger partial charge in [0.2, 0.25) is 0 Å². The summed E-state index contributed by atoms with van der Waals surface area (Å²) in [6.45, 7) is 7.10. The van der Waals surface area contributed by atoms with Crippen LogP contribution in [0, 0.1) is 6.92 Å². The van der Waals surface area contributed by atoms with Gasteiger partial charge in [0.25, 0.3) is 5.91 Å². The summed E-state index contributed by atoms with van der Waals surface area (Å²) >= 11 is 3.44. The fraction of sp³-hybridized carbons (Fsp3) is 0.360. The van der Waals surface area contributed by atoms with Crippen molar-refractivity contribution in [3.05, 3.63) is 75.2 Å². The predicted octanol–water partition coefficient (Wildman–Crippen LogP) is 4.64. The van der Waals surface area contributed by atoms with E-state index in [1.165, 1.54) is 11.1 Å². The number of thiazole rings is 1. The van der Waals surface area contributed by atoms with E-state index in [1.54, 1.807) is 23.1 Å². The predicted molar refractivity (Wildman–Crippen MR) is 130 cm³/mol. The number of piperazine rings is 1. The number of fused-ring (bicyclic) bond motifs is 1. The number of carbonyl (C=O) groups is 1. The molecule has 3 heterocycles. The number of hydrogen-bond acceptors (Lipinski definition) is 6. The molecule has 1 amide bonds. The minimum Gasteiger partial charge on any atom is -0.493 e. The Kier molecular flexibility index (Phi) is 6.48. The van der Waals surface area contributed by atoms with E-state index in [-0.39, 0.29) is 5.91 Å². The molecule has 1 fully saturated rings. The second-order valence-corrected chi connectivity index (χ2v) is 10.4. The Morgan fingerprint density at radius 3 is 2.69 bits per heavy atom. The summed E-state index contributed by atoms with van der Waals surface area (Å²) in [5.41, 5.74) is 4.53. The van der Waals surface area contributed by atoms with Gasteiger partial charge in [-0.2, -0.15) is 0 Å². The fourth-order valence-electron chi connectivity index (χ4n) is 4.21. The molecule has 0 unspecified atom stereocenters. The maximum absolute atomic E-state index is 13.0. The average Bonchev–Trinajstić information content (AvgIpc) is 3.46. The van der Waals surface area contributed by atoms with Crippen LogP contribution >= 0.6 is 23.1 Å². The summed E-state index contributed by atoms with van der Waals surface area (Å²) in [5, 5.41) is 3.21. The van der Waals surface area contributed by atoms with Crippen LogP contribution in [-0.2, 0) is 18.7 Å². The lowest BCUT2D eigenvalue weighted by atomic mass is 10.1. The first-order valence-electron chi connectivity index (χ1n) is 11.0. The summed E-state index contributed by atoms with van der Waals surface area (Å²) in [6, 6.07) is 14.5. The smallest absolute Gasteiger partial charge is 0.253 e. The molecule has 1 aromatic heterocycles. The third-order valence-electron chi connectivity index (χ3n) is 5.97. The molecule has 7 heteroatoms. The minimum absolute atomic E-state index is 0.131. The molecule has 166 valence electrons. The van der Waals surface area contributed by atoms with Crippen LogP contribution in [0.25, 0.3) is 0 Å². The van der Waals surface area contributed by atoms with Crippen LogP contribution in [0.15, 0.2) is 52.7 Å². The molecular weight excluding hydrogens is 438 g/mol. The van der Waals surface area contributed by atoms with E-state index in [0.717, 1.165) is 78.4 Å². The van der Waals surface area contributed by atoms with Gasteiger partial charge in [0.1, 0.15) is 5.75 Å². The highest BCUT2D eigenvalue weighted by molar-refractivity contribution is 7.98. The van der Waals surface area contributed by atoms with Gasteiger partial charge in [-0.15, -0.1) is 23.1 Å². The van der Waals surface area contributed by atoms with Crippen LogP contribution in [0.3, 0.4) is 0 Å². The zero-order chi connectivity index (χ0) is 21.9. The van der Waals surface area contributed by atoms with E-state index < -0.39 is 0 Å². The zero-order valence-electron chi connectivity index (χ0n) is 18.3. The molecule has 3 aromatic rings. The van der Waals surface area contributed by atoms with Crippen LogP contribution in [0.1, 0.15) is 32.2 Å². The monoisotopic (exact) mass is 465 g/mol. The fourth-order valence-corrected chi connectivity index (χ4v) is 5.72. The van der Waals surface area contributed by atoms with Crippen LogP contribution in [0.2, 0.25) is 0 Å². The molecule has 0 aliphatic carbocycles. The van der Waals surface area contributed by atoms with Gasteiger partial charge in [0.05, 0.1) is 17.3 Å². The van der Waals surface area contributed by atoms with E-state index in [1.807, 2.05) is 36.1 Å². The molecule has 0 N–H and O–H groups in total. The number of nitrogens with zero attached hydrogens (tertiary/aromatic N) is 3. The number of amides is 1. The molecule has 0 radical (unpaired) electrons. The minimum atomic E-state index is 0.131. The van der Waals surface area contributed by atoms with Gasteiger partial charge >= 0.3 is 0 Å². The van der Waals surface area contributed by atoms with Crippen molar-refractivity contribution in [2.45, 2.75) is 30.5 Å². The van der Waals surface area contributed by atoms with Crippen molar-refractivity contribution in [2.24, 2.45) is 0 Å². The van der Waals surface area contributed by atoms with Gasteiger partial charge < -0.3 is 9.64 Å². The topological polar surface area (TPSA) is 45.7 Å². The lowest BCUT2D eigenvalue weighted by molar-refractivity contribution is 0.0628. The van der Waals surface area contributed by atoms with Crippen LogP contribution in [-0.4, -0.2) is 53.5 Å². The number of ether oxygens (including phenoxy) is 1. The summed E-state index contributed by atoms with van der Waals surface area (Å²) in [5.74, 6) is 2.02. The number of carbonyl (C=O) groups excluding carboxylic acids is 1. The Balaban J connectivity index is 1.11. The van der Waals surface area contributed by atoms with Crippen molar-refractivity contribution in [1.29, 1.82) is 0 Å². The Bertz CT molecular complexity index is 1090. The number of benzene rings is 2. The van der Waals surface area contributed by atoms with Crippen molar-refractivity contribution < 1.29 is 9.53 Å². The maximum Gasteiger partial charge on any atom is 0.253 e. The third-order valence-corrected chi connectivity index (χ3v) is 7.84. The van der Waals surface area contributed by atoms with Gasteiger partial charge in [-0.3, -0.25) is 9.69 Å². The molecule has 0 bridgehead atoms. The summed E-state index contributed by atoms with van der Waals surface area (Å²) in [7, 11) is 0. The van der Waals surface area contributed by atoms with Crippen molar-refractivity contribution >= 4 is 29.0 Å². The van der Waals surface area contributed by atoms with Crippen molar-refractivity contribution in [2.75, 3.05) is 32.8 Å². The van der Waals surface area contributed by atoms with Gasteiger partial charge in [-0.05, 0) is 48.4 Å². The molecule has 1 saturated heterocycles. The molecule has 2 aromatic carbocycles. The SMILES string of the molecule is Cc1nc(CSc2ccc(C(=O)N3CCN(Cc4ccc5c(c4)CCO5)CC3)cc2)cs1. The second-order valence-electron chi connectivity index (χ2n) is 8.28. The number of rotatable bonds is 6. The Morgan fingerprint density at radius 1 is 1.12 bits per heavy atom. The van der Waals surface area contributed by atoms with Crippen molar-refractivity contribution in [1.82, 2.24) is 14.8 Å². The molecule has 32 heavy (non-hydrogen) atoms. The first kappa shape index (κ1) is 21.5. The van der Waals surface area contributed by atoms with E-state index >= 15 is 0 Å². The number of hydrogen-bond donors (Lipinski definition) is 0. The normalized spacial score (nSPS) is 16.1. The van der Waals surface area contributed by atoms with Crippen LogP contribution in [0.5, 0.6) is 5.75 Å². The van der Waals surface area contributed by atoms with E-state index in [0.29, 0.717) is 0 Å². The summed E-state index contributed by atoms with van der Waals surface area (Å²) < 4.78 is 5.61. The first-order valence-corrected chi connectivity index (χ1v) is 12.9. The van der Waals surface area contributed by atoms with Crippen molar-refractivity contribution in [3.8, 4) is 5.75 Å². The first-order chi connectivity index (χ1) is 15.6. The van der Waals surface area contributed by atoms with Crippen LogP contribution in [0.4, 0.5) is 0 Å². The maximum atomic E-state index is 13.0. The third kappa shape index (κ3) is 5.00. The van der Waals surface area contributed by atoms with Gasteiger partial charge in [0.15, 0.2) is 0 Å². The second kappa shape index (κ2) is 9.65. The lowest BCUT2D eigenvalue weighted by Crippen LogP contribution is -2.48. The average molecular weight is 466 g/mol. The lowest BCUT2D eigenvalue weighted by Gasteiger charge is -2.35. The van der Waals surface area contributed by atoms with Gasteiger partial charge in [-0.1, -0.05) is 12.1 Å². The largest absolute Gasteiger partial charge is 0.493 e. The summed E-state index contributed by atoms with van der Waals surface area (Å²) in [6.07, 6.45) is 1.01. The Labute approximate surface area is 197 Å². The molecule has 5 nitrogen and oxygen atoms in total. The number of aryl methyl sites for hydroxylation is 1. The molecule has 2 aliphatic heterocycles. The van der Waals surface area contributed by atoms with E-state index in [2.05, 4.69) is 33.5 Å². The quantitative estimate of drug-likeness (QED) is 0.497. The zero-order valence-corrected chi connectivity index (χ0v) is 19.9. The van der Waals surface area contributed by atoms with Crippen molar-refractivity contribution in [3.63, 3.8) is 0 Å². The highest BCUT2D eigenvalue weighted by Gasteiger charge is 2.22. The highest BCUT2D eigenvalue weighted by atomic mass is 32.2. The number of aromatic nitrogens is 1. The molecule has 0 spiro atoms.